The number of rotatable bonds is 2. The lowest BCUT2D eigenvalue weighted by molar-refractivity contribution is -0.117. The molecule has 0 aromatic heterocycles. The first kappa shape index (κ1) is 10.6. The molecule has 7 heteroatoms. The quantitative estimate of drug-likeness (QED) is 0.783. The molecule has 0 saturated carbocycles. The molecule has 1 atom stereocenters. The van der Waals surface area contributed by atoms with Crippen LogP contribution in [0.2, 0.25) is 0 Å². The summed E-state index contributed by atoms with van der Waals surface area (Å²) in [5, 5.41) is 9.33. The SMILES string of the molecule is COc1cccc(N2N=NC3C(=O)N=CN=C32)c1. The number of benzene rings is 1. The molecule has 1 aromatic rings. The van der Waals surface area contributed by atoms with Crippen LogP contribution in [0, 0.1) is 0 Å². The van der Waals surface area contributed by atoms with E-state index in [1.807, 2.05) is 18.2 Å². The lowest BCUT2D eigenvalue weighted by Gasteiger charge is -2.16. The summed E-state index contributed by atoms with van der Waals surface area (Å²) in [6, 6.07) is 6.56. The molecular weight excluding hydrogens is 234 g/mol. The zero-order valence-corrected chi connectivity index (χ0v) is 9.52. The Morgan fingerprint density at radius 2 is 2.28 bits per heavy atom. The molecular formula is C11H9N5O2. The van der Waals surface area contributed by atoms with Crippen molar-refractivity contribution in [3.8, 4) is 5.75 Å². The molecule has 3 rings (SSSR count). The van der Waals surface area contributed by atoms with Crippen LogP contribution in [-0.4, -0.2) is 31.2 Å². The molecule has 0 fully saturated rings. The second kappa shape index (κ2) is 4.02. The first-order chi connectivity index (χ1) is 8.79. The normalized spacial score (nSPS) is 20.9. The van der Waals surface area contributed by atoms with Gasteiger partial charge in [0.25, 0.3) is 5.91 Å². The summed E-state index contributed by atoms with van der Waals surface area (Å²) < 4.78 is 5.14. The minimum Gasteiger partial charge on any atom is -0.497 e. The molecule has 2 aliphatic heterocycles. The van der Waals surface area contributed by atoms with Gasteiger partial charge in [-0.1, -0.05) is 11.3 Å². The van der Waals surface area contributed by atoms with E-state index in [1.54, 1.807) is 13.2 Å². The fraction of sp³-hybridized carbons (Fsp3) is 0.182. The lowest BCUT2D eigenvalue weighted by Crippen LogP contribution is -2.35. The van der Waals surface area contributed by atoms with Crippen molar-refractivity contribution in [2.45, 2.75) is 6.04 Å². The summed E-state index contributed by atoms with van der Waals surface area (Å²) in [5.41, 5.74) is 0.738. The average Bonchev–Trinajstić information content (AvgIpc) is 2.84. The van der Waals surface area contributed by atoms with Crippen LogP contribution in [0.5, 0.6) is 5.75 Å². The maximum atomic E-state index is 11.5. The third-order valence-corrected chi connectivity index (χ3v) is 2.62. The maximum absolute atomic E-state index is 11.5. The molecule has 2 heterocycles. The Morgan fingerprint density at radius 1 is 1.39 bits per heavy atom. The highest BCUT2D eigenvalue weighted by Gasteiger charge is 2.36. The number of hydrogen-bond donors (Lipinski definition) is 0. The van der Waals surface area contributed by atoms with Crippen LogP contribution in [0.3, 0.4) is 0 Å². The molecule has 1 unspecified atom stereocenters. The zero-order valence-electron chi connectivity index (χ0n) is 9.52. The minimum absolute atomic E-state index is 0.353. The Morgan fingerprint density at radius 3 is 3.11 bits per heavy atom. The first-order valence-corrected chi connectivity index (χ1v) is 5.28. The molecule has 90 valence electrons. The third kappa shape index (κ3) is 1.56. The largest absolute Gasteiger partial charge is 0.497 e. The van der Waals surface area contributed by atoms with E-state index in [-0.39, 0.29) is 5.91 Å². The van der Waals surface area contributed by atoms with Crippen molar-refractivity contribution >= 4 is 23.8 Å². The standard InChI is InChI=1S/C11H9N5O2/c1-18-8-4-2-3-7(5-8)16-10-9(14-15-16)11(17)13-6-12-10/h2-6,9H,1H3. The van der Waals surface area contributed by atoms with E-state index in [4.69, 9.17) is 4.74 Å². The fourth-order valence-corrected chi connectivity index (χ4v) is 1.74. The van der Waals surface area contributed by atoms with Gasteiger partial charge in [0.1, 0.15) is 12.1 Å². The molecule has 2 aliphatic rings. The van der Waals surface area contributed by atoms with E-state index in [0.717, 1.165) is 5.69 Å². The van der Waals surface area contributed by atoms with E-state index < -0.39 is 6.04 Å². The molecule has 1 amide bonds. The van der Waals surface area contributed by atoms with Gasteiger partial charge in [-0.25, -0.2) is 4.99 Å². The van der Waals surface area contributed by atoms with Crippen LogP contribution in [0.25, 0.3) is 0 Å². The summed E-state index contributed by atoms with van der Waals surface area (Å²) in [5.74, 6) is 0.806. The minimum atomic E-state index is -0.721. The molecule has 0 spiro atoms. The molecule has 7 nitrogen and oxygen atoms in total. The molecule has 18 heavy (non-hydrogen) atoms. The summed E-state index contributed by atoms with van der Waals surface area (Å²) in [6.07, 6.45) is 1.22. The molecule has 0 bridgehead atoms. The Kier molecular flexibility index (Phi) is 2.36. The van der Waals surface area contributed by atoms with Gasteiger partial charge in [0.15, 0.2) is 5.84 Å². The number of hydrogen-bond acceptors (Lipinski definition) is 6. The first-order valence-electron chi connectivity index (χ1n) is 5.28. The summed E-state index contributed by atoms with van der Waals surface area (Å²) in [6.45, 7) is 0. The second-order valence-electron chi connectivity index (χ2n) is 3.69. The van der Waals surface area contributed by atoms with Gasteiger partial charge in [0.05, 0.1) is 12.8 Å². The van der Waals surface area contributed by atoms with Crippen molar-refractivity contribution in [3.05, 3.63) is 24.3 Å². The van der Waals surface area contributed by atoms with Crippen LogP contribution >= 0.6 is 0 Å². The number of amides is 1. The summed E-state index contributed by atoms with van der Waals surface area (Å²) in [7, 11) is 1.59. The highest BCUT2D eigenvalue weighted by molar-refractivity contribution is 6.20. The number of fused-ring (bicyclic) bond motifs is 1. The van der Waals surface area contributed by atoms with E-state index in [9.17, 15) is 4.79 Å². The predicted molar refractivity (Wildman–Crippen MR) is 65.1 cm³/mol. The highest BCUT2D eigenvalue weighted by atomic mass is 16.5. The Balaban J connectivity index is 1.98. The van der Waals surface area contributed by atoms with E-state index in [2.05, 4.69) is 20.3 Å². The van der Waals surface area contributed by atoms with Gasteiger partial charge in [-0.15, -0.1) is 5.11 Å². The Hall–Kier alpha value is -2.57. The zero-order chi connectivity index (χ0) is 12.5. The average molecular weight is 243 g/mol. The highest BCUT2D eigenvalue weighted by Crippen LogP contribution is 2.27. The lowest BCUT2D eigenvalue weighted by atomic mass is 10.2. The van der Waals surface area contributed by atoms with Crippen LogP contribution in [0.4, 0.5) is 5.69 Å². The van der Waals surface area contributed by atoms with Crippen molar-refractivity contribution in [1.82, 2.24) is 0 Å². The summed E-state index contributed by atoms with van der Waals surface area (Å²) >= 11 is 0. The second-order valence-corrected chi connectivity index (χ2v) is 3.69. The van der Waals surface area contributed by atoms with Gasteiger partial charge < -0.3 is 4.74 Å². The van der Waals surface area contributed by atoms with E-state index >= 15 is 0 Å². The smallest absolute Gasteiger partial charge is 0.281 e. The van der Waals surface area contributed by atoms with Crippen molar-refractivity contribution in [3.63, 3.8) is 0 Å². The number of methoxy groups -OCH3 is 1. The van der Waals surface area contributed by atoms with E-state index in [1.165, 1.54) is 11.3 Å². The number of amidine groups is 1. The molecule has 0 saturated heterocycles. The number of anilines is 1. The van der Waals surface area contributed by atoms with Gasteiger partial charge in [0.2, 0.25) is 6.04 Å². The number of ether oxygens (including phenoxy) is 1. The molecule has 0 radical (unpaired) electrons. The fourth-order valence-electron chi connectivity index (χ4n) is 1.74. The maximum Gasteiger partial charge on any atom is 0.281 e. The van der Waals surface area contributed by atoms with Crippen molar-refractivity contribution in [2.75, 3.05) is 12.1 Å². The van der Waals surface area contributed by atoms with Crippen molar-refractivity contribution in [1.29, 1.82) is 0 Å². The Bertz CT molecular complexity index is 593. The molecule has 1 aromatic carbocycles. The number of nitrogens with zero attached hydrogens (tertiary/aromatic N) is 5. The molecule has 0 aliphatic carbocycles. The Labute approximate surface area is 102 Å². The van der Waals surface area contributed by atoms with Gasteiger partial charge in [-0.2, -0.15) is 10.0 Å². The number of aliphatic imine (C=N–C) groups is 2. The predicted octanol–water partition coefficient (Wildman–Crippen LogP) is 1.22. The van der Waals surface area contributed by atoms with Crippen LogP contribution in [0.1, 0.15) is 0 Å². The number of carbonyl (C=O) groups excluding carboxylic acids is 1. The third-order valence-electron chi connectivity index (χ3n) is 2.62. The van der Waals surface area contributed by atoms with Crippen molar-refractivity contribution < 1.29 is 9.53 Å². The topological polar surface area (TPSA) is 79.0 Å². The molecule has 0 N–H and O–H groups in total. The van der Waals surface area contributed by atoms with Crippen LogP contribution in [-0.2, 0) is 4.79 Å². The monoisotopic (exact) mass is 243 g/mol. The summed E-state index contributed by atoms with van der Waals surface area (Å²) in [4.78, 5) is 19.1. The van der Waals surface area contributed by atoms with Gasteiger partial charge in [-0.3, -0.25) is 4.79 Å². The van der Waals surface area contributed by atoms with Gasteiger partial charge >= 0.3 is 0 Å². The van der Waals surface area contributed by atoms with Gasteiger partial charge in [0, 0.05) is 6.07 Å². The van der Waals surface area contributed by atoms with Crippen LogP contribution < -0.4 is 9.75 Å². The van der Waals surface area contributed by atoms with E-state index in [0.29, 0.717) is 11.6 Å². The number of carbonyl (C=O) groups is 1. The van der Waals surface area contributed by atoms with Crippen LogP contribution in [0.15, 0.2) is 44.6 Å². The van der Waals surface area contributed by atoms with Gasteiger partial charge in [-0.05, 0) is 12.1 Å². The van der Waals surface area contributed by atoms with Crippen molar-refractivity contribution in [2.24, 2.45) is 20.3 Å².